The maximum Gasteiger partial charge on any atom is 0.362 e. The number of hydrogen-bond acceptors (Lipinski definition) is 7. The molecule has 0 saturated heterocycles. The first kappa shape index (κ1) is 15.3. The Morgan fingerprint density at radius 3 is 3.09 bits per heavy atom. The van der Waals surface area contributed by atoms with Crippen LogP contribution in [0.4, 0.5) is 0 Å². The zero-order chi connectivity index (χ0) is 16.2. The average molecular weight is 334 g/mol. The molecule has 1 aromatic heterocycles. The molecule has 0 fully saturated rings. The molecule has 1 aliphatic heterocycles. The second-order valence-corrected chi connectivity index (χ2v) is 5.75. The summed E-state index contributed by atoms with van der Waals surface area (Å²) in [7, 11) is 0. The first-order valence-corrected chi connectivity index (χ1v) is 7.82. The zero-order valence-corrected chi connectivity index (χ0v) is 13.1. The maximum atomic E-state index is 11.9. The summed E-state index contributed by atoms with van der Waals surface area (Å²) in [6.07, 6.45) is 0. The van der Waals surface area contributed by atoms with Gasteiger partial charge in [0.25, 0.3) is 0 Å². The summed E-state index contributed by atoms with van der Waals surface area (Å²) < 4.78 is 10.5. The monoisotopic (exact) mass is 334 g/mol. The Morgan fingerprint density at radius 1 is 1.39 bits per heavy atom. The van der Waals surface area contributed by atoms with Crippen molar-refractivity contribution in [3.05, 3.63) is 39.9 Å². The number of aryl methyl sites for hydroxylation is 1. The van der Waals surface area contributed by atoms with Crippen LogP contribution >= 0.6 is 11.8 Å². The van der Waals surface area contributed by atoms with Crippen molar-refractivity contribution in [1.29, 1.82) is 0 Å². The van der Waals surface area contributed by atoms with E-state index in [1.54, 1.807) is 6.92 Å². The van der Waals surface area contributed by atoms with Gasteiger partial charge in [-0.05, 0) is 24.6 Å². The molecule has 8 nitrogen and oxygen atoms in total. The van der Waals surface area contributed by atoms with E-state index in [0.29, 0.717) is 28.8 Å². The highest BCUT2D eigenvalue weighted by Crippen LogP contribution is 2.32. The summed E-state index contributed by atoms with van der Waals surface area (Å²) in [4.78, 5) is 26.8. The largest absolute Gasteiger partial charge is 0.454 e. The second kappa shape index (κ2) is 6.69. The van der Waals surface area contributed by atoms with Crippen molar-refractivity contribution in [3.63, 3.8) is 0 Å². The van der Waals surface area contributed by atoms with E-state index in [1.165, 1.54) is 11.8 Å². The first-order valence-electron chi connectivity index (χ1n) is 6.83. The molecular weight excluding hydrogens is 320 g/mol. The summed E-state index contributed by atoms with van der Waals surface area (Å²) in [5.74, 6) is 1.39. The summed E-state index contributed by atoms with van der Waals surface area (Å²) in [5.41, 5.74) is 0.969. The van der Waals surface area contributed by atoms with Gasteiger partial charge in [0.2, 0.25) is 12.7 Å². The minimum absolute atomic E-state index is 0.156. The molecule has 1 aromatic carbocycles. The number of hydrogen-bond donors (Lipinski definition) is 2. The number of carbonyl (C=O) groups excluding carboxylic acids is 1. The van der Waals surface area contributed by atoms with Crippen molar-refractivity contribution in [1.82, 2.24) is 20.5 Å². The number of thioether (sulfide) groups is 1. The lowest BCUT2D eigenvalue weighted by Gasteiger charge is -2.06. The van der Waals surface area contributed by atoms with Crippen LogP contribution in [0.5, 0.6) is 11.5 Å². The fraction of sp³-hybridized carbons (Fsp3) is 0.286. The van der Waals surface area contributed by atoms with Crippen molar-refractivity contribution in [2.75, 3.05) is 12.5 Å². The van der Waals surface area contributed by atoms with Crippen LogP contribution in [0.1, 0.15) is 11.3 Å². The molecule has 2 aromatic rings. The smallest absolute Gasteiger partial charge is 0.362 e. The van der Waals surface area contributed by atoms with Gasteiger partial charge in [0.15, 0.2) is 11.5 Å². The highest BCUT2D eigenvalue weighted by molar-refractivity contribution is 7.99. The molecule has 2 N–H and O–H groups in total. The van der Waals surface area contributed by atoms with E-state index in [4.69, 9.17) is 9.47 Å². The summed E-state index contributed by atoms with van der Waals surface area (Å²) in [5, 5.41) is 9.30. The van der Waals surface area contributed by atoms with Crippen LogP contribution in [0.3, 0.4) is 0 Å². The van der Waals surface area contributed by atoms with Gasteiger partial charge in [-0.3, -0.25) is 4.79 Å². The van der Waals surface area contributed by atoms with Crippen molar-refractivity contribution in [3.8, 4) is 11.5 Å². The minimum atomic E-state index is -0.529. The fourth-order valence-electron chi connectivity index (χ4n) is 1.95. The van der Waals surface area contributed by atoms with Gasteiger partial charge < -0.3 is 14.8 Å². The number of nitrogens with one attached hydrogen (secondary N) is 2. The van der Waals surface area contributed by atoms with Gasteiger partial charge in [0.05, 0.1) is 11.4 Å². The van der Waals surface area contributed by atoms with E-state index >= 15 is 0 Å². The highest BCUT2D eigenvalue weighted by Gasteiger charge is 2.13. The third-order valence-electron chi connectivity index (χ3n) is 3.10. The van der Waals surface area contributed by atoms with Crippen molar-refractivity contribution in [2.45, 2.75) is 18.5 Å². The number of amides is 1. The standard InChI is InChI=1S/C14H14N4O4S/c1-8-13(16-14(20)18-17-8)23-6-12(19)15-5-9-2-3-10-11(4-9)22-7-21-10/h2-4H,5-7H2,1H3,(H,15,19)(H,16,18,20). The predicted molar refractivity (Wildman–Crippen MR) is 82.5 cm³/mol. The SMILES string of the molecule is Cc1n[nH]c(=O)nc1SCC(=O)NCc1ccc2c(c1)OCO2. The number of aromatic nitrogens is 3. The maximum absolute atomic E-state index is 11.9. The molecule has 120 valence electrons. The van der Waals surface area contributed by atoms with Crippen molar-refractivity contribution in [2.24, 2.45) is 0 Å². The Kier molecular flexibility index (Phi) is 4.47. The lowest BCUT2D eigenvalue weighted by molar-refractivity contribution is -0.118. The third-order valence-corrected chi connectivity index (χ3v) is 4.17. The van der Waals surface area contributed by atoms with Crippen LogP contribution in [0.2, 0.25) is 0 Å². The van der Waals surface area contributed by atoms with Crippen LogP contribution in [-0.4, -0.2) is 33.6 Å². The number of ether oxygens (including phenoxy) is 2. The molecule has 1 amide bonds. The van der Waals surface area contributed by atoms with E-state index < -0.39 is 5.69 Å². The molecular formula is C14H14N4O4S. The van der Waals surface area contributed by atoms with E-state index in [1.807, 2.05) is 18.2 Å². The molecule has 0 aliphatic carbocycles. The quantitative estimate of drug-likeness (QED) is 0.772. The van der Waals surface area contributed by atoms with Crippen LogP contribution in [0.25, 0.3) is 0 Å². The number of benzene rings is 1. The van der Waals surface area contributed by atoms with Crippen molar-refractivity contribution >= 4 is 17.7 Å². The predicted octanol–water partition coefficient (Wildman–Crippen LogP) is 0.611. The zero-order valence-electron chi connectivity index (χ0n) is 12.3. The number of aromatic amines is 1. The molecule has 0 bridgehead atoms. The lowest BCUT2D eigenvalue weighted by atomic mass is 10.2. The number of carbonyl (C=O) groups is 1. The average Bonchev–Trinajstić information content (AvgIpc) is 3.01. The molecule has 0 saturated carbocycles. The van der Waals surface area contributed by atoms with Crippen LogP contribution in [-0.2, 0) is 11.3 Å². The van der Waals surface area contributed by atoms with Crippen LogP contribution < -0.4 is 20.5 Å². The first-order chi connectivity index (χ1) is 11.1. The van der Waals surface area contributed by atoms with Gasteiger partial charge in [-0.1, -0.05) is 17.8 Å². The van der Waals surface area contributed by atoms with Crippen LogP contribution in [0, 0.1) is 6.92 Å². The number of nitrogens with zero attached hydrogens (tertiary/aromatic N) is 2. The summed E-state index contributed by atoms with van der Waals surface area (Å²) in [6.45, 7) is 2.32. The summed E-state index contributed by atoms with van der Waals surface area (Å²) >= 11 is 1.17. The Balaban J connectivity index is 1.52. The Bertz CT molecular complexity index is 793. The summed E-state index contributed by atoms with van der Waals surface area (Å²) in [6, 6.07) is 5.52. The van der Waals surface area contributed by atoms with Gasteiger partial charge in [0.1, 0.15) is 5.03 Å². The van der Waals surface area contributed by atoms with Crippen LogP contribution in [0.15, 0.2) is 28.0 Å². The number of H-pyrrole nitrogens is 1. The van der Waals surface area contributed by atoms with E-state index in [2.05, 4.69) is 20.5 Å². The highest BCUT2D eigenvalue weighted by atomic mass is 32.2. The molecule has 0 radical (unpaired) electrons. The molecule has 0 spiro atoms. The van der Waals surface area contributed by atoms with Crippen molar-refractivity contribution < 1.29 is 14.3 Å². The topological polar surface area (TPSA) is 106 Å². The number of fused-ring (bicyclic) bond motifs is 1. The molecule has 2 heterocycles. The van der Waals surface area contributed by atoms with Gasteiger partial charge >= 0.3 is 5.69 Å². The third kappa shape index (κ3) is 3.81. The van der Waals surface area contributed by atoms with E-state index in [0.717, 1.165) is 5.56 Å². The second-order valence-electron chi connectivity index (χ2n) is 4.78. The Labute approximate surface area is 135 Å². The van der Waals surface area contributed by atoms with Gasteiger partial charge in [-0.2, -0.15) is 10.1 Å². The van der Waals surface area contributed by atoms with Gasteiger partial charge in [-0.25, -0.2) is 9.89 Å². The Hall–Kier alpha value is -2.55. The van der Waals surface area contributed by atoms with Gasteiger partial charge in [0, 0.05) is 6.54 Å². The number of rotatable bonds is 5. The van der Waals surface area contributed by atoms with E-state index in [9.17, 15) is 9.59 Å². The molecule has 0 unspecified atom stereocenters. The Morgan fingerprint density at radius 2 is 2.22 bits per heavy atom. The normalized spacial score (nSPS) is 12.2. The molecule has 23 heavy (non-hydrogen) atoms. The van der Waals surface area contributed by atoms with Gasteiger partial charge in [-0.15, -0.1) is 0 Å². The minimum Gasteiger partial charge on any atom is -0.454 e. The molecule has 0 atom stereocenters. The molecule has 3 rings (SSSR count). The fourth-order valence-corrected chi connectivity index (χ4v) is 2.72. The lowest BCUT2D eigenvalue weighted by Crippen LogP contribution is -2.25. The molecule has 1 aliphatic rings. The van der Waals surface area contributed by atoms with E-state index in [-0.39, 0.29) is 18.5 Å². The molecule has 9 heteroatoms.